The number of nitrogens with zero attached hydrogens (tertiary/aromatic N) is 2. The molecule has 0 saturated heterocycles. The first-order valence-electron chi connectivity index (χ1n) is 8.25. The van der Waals surface area contributed by atoms with E-state index in [-0.39, 0.29) is 24.0 Å². The Bertz CT molecular complexity index is 479. The Morgan fingerprint density at radius 1 is 1.22 bits per heavy atom. The topological polar surface area (TPSA) is 39.7 Å². The van der Waals surface area contributed by atoms with Gasteiger partial charge in [0.1, 0.15) is 0 Å². The molecule has 0 heterocycles. The number of para-hydroxylation sites is 1. The smallest absolute Gasteiger partial charge is 0.191 e. The van der Waals surface area contributed by atoms with Crippen molar-refractivity contribution in [1.29, 1.82) is 0 Å². The SMILES string of the molecule is CCN(CCCNC(=NC)NC1CC=CC1)c1ccccc1.I. The second kappa shape index (κ2) is 11.3. The molecular formula is C18H29IN4. The first kappa shape index (κ1) is 19.8. The van der Waals surface area contributed by atoms with Crippen LogP contribution < -0.4 is 15.5 Å². The van der Waals surface area contributed by atoms with Gasteiger partial charge in [0.2, 0.25) is 0 Å². The maximum absolute atomic E-state index is 4.30. The van der Waals surface area contributed by atoms with E-state index in [1.165, 1.54) is 5.69 Å². The molecule has 5 heteroatoms. The normalized spacial score (nSPS) is 14.4. The van der Waals surface area contributed by atoms with Crippen LogP contribution in [0, 0.1) is 0 Å². The summed E-state index contributed by atoms with van der Waals surface area (Å²) < 4.78 is 0. The Labute approximate surface area is 157 Å². The second-order valence-corrected chi connectivity index (χ2v) is 5.55. The fourth-order valence-corrected chi connectivity index (χ4v) is 2.71. The van der Waals surface area contributed by atoms with Crippen LogP contribution in [0.25, 0.3) is 0 Å². The van der Waals surface area contributed by atoms with Crippen molar-refractivity contribution in [2.45, 2.75) is 32.2 Å². The summed E-state index contributed by atoms with van der Waals surface area (Å²) in [5, 5.41) is 6.87. The Morgan fingerprint density at radius 2 is 1.91 bits per heavy atom. The molecule has 1 aliphatic carbocycles. The van der Waals surface area contributed by atoms with Crippen molar-refractivity contribution >= 4 is 35.6 Å². The van der Waals surface area contributed by atoms with Gasteiger partial charge in [-0.25, -0.2) is 0 Å². The summed E-state index contributed by atoms with van der Waals surface area (Å²) in [6.07, 6.45) is 7.73. The highest BCUT2D eigenvalue weighted by Crippen LogP contribution is 2.12. The van der Waals surface area contributed by atoms with Gasteiger partial charge in [-0.15, -0.1) is 24.0 Å². The molecule has 0 unspecified atom stereocenters. The summed E-state index contributed by atoms with van der Waals surface area (Å²) in [4.78, 5) is 6.70. The van der Waals surface area contributed by atoms with E-state index in [0.29, 0.717) is 6.04 Å². The highest BCUT2D eigenvalue weighted by Gasteiger charge is 2.11. The third-order valence-electron chi connectivity index (χ3n) is 3.97. The van der Waals surface area contributed by atoms with Crippen molar-refractivity contribution in [3.63, 3.8) is 0 Å². The summed E-state index contributed by atoms with van der Waals surface area (Å²) in [6, 6.07) is 11.1. The number of nitrogens with one attached hydrogen (secondary N) is 2. The van der Waals surface area contributed by atoms with E-state index in [0.717, 1.165) is 44.9 Å². The Morgan fingerprint density at radius 3 is 2.52 bits per heavy atom. The van der Waals surface area contributed by atoms with Gasteiger partial charge in [-0.1, -0.05) is 30.4 Å². The van der Waals surface area contributed by atoms with E-state index < -0.39 is 0 Å². The molecule has 0 radical (unpaired) electrons. The molecule has 0 saturated carbocycles. The summed E-state index contributed by atoms with van der Waals surface area (Å²) in [5.41, 5.74) is 1.30. The van der Waals surface area contributed by atoms with Crippen LogP contribution in [0.2, 0.25) is 0 Å². The van der Waals surface area contributed by atoms with Gasteiger partial charge in [-0.05, 0) is 38.3 Å². The molecule has 0 bridgehead atoms. The summed E-state index contributed by atoms with van der Waals surface area (Å²) in [5.74, 6) is 0.913. The molecule has 0 aromatic heterocycles. The van der Waals surface area contributed by atoms with E-state index in [9.17, 15) is 0 Å². The van der Waals surface area contributed by atoms with E-state index in [4.69, 9.17) is 0 Å². The molecule has 0 spiro atoms. The minimum atomic E-state index is 0. The van der Waals surface area contributed by atoms with Crippen LogP contribution >= 0.6 is 24.0 Å². The van der Waals surface area contributed by atoms with E-state index in [2.05, 4.69) is 69.9 Å². The lowest BCUT2D eigenvalue weighted by Gasteiger charge is -2.23. The fraction of sp³-hybridized carbons (Fsp3) is 0.500. The van der Waals surface area contributed by atoms with Crippen molar-refractivity contribution in [1.82, 2.24) is 10.6 Å². The van der Waals surface area contributed by atoms with Gasteiger partial charge in [0, 0.05) is 38.4 Å². The molecule has 2 rings (SSSR count). The number of hydrogen-bond donors (Lipinski definition) is 2. The molecule has 2 N–H and O–H groups in total. The zero-order chi connectivity index (χ0) is 15.6. The molecule has 23 heavy (non-hydrogen) atoms. The number of benzene rings is 1. The average Bonchev–Trinajstić information content (AvgIpc) is 3.07. The predicted molar refractivity (Wildman–Crippen MR) is 111 cm³/mol. The van der Waals surface area contributed by atoms with Gasteiger partial charge < -0.3 is 15.5 Å². The van der Waals surface area contributed by atoms with E-state index in [1.807, 2.05) is 7.05 Å². The van der Waals surface area contributed by atoms with Crippen molar-refractivity contribution in [3.05, 3.63) is 42.5 Å². The maximum atomic E-state index is 4.30. The molecule has 0 atom stereocenters. The molecule has 0 amide bonds. The lowest BCUT2D eigenvalue weighted by atomic mass is 10.2. The van der Waals surface area contributed by atoms with Crippen LogP contribution in [0.3, 0.4) is 0 Å². The number of rotatable bonds is 7. The summed E-state index contributed by atoms with van der Waals surface area (Å²) >= 11 is 0. The first-order chi connectivity index (χ1) is 10.8. The molecule has 128 valence electrons. The fourth-order valence-electron chi connectivity index (χ4n) is 2.71. The van der Waals surface area contributed by atoms with Crippen LogP contribution in [-0.4, -0.2) is 38.7 Å². The van der Waals surface area contributed by atoms with Crippen LogP contribution in [0.4, 0.5) is 5.69 Å². The molecule has 1 aliphatic rings. The van der Waals surface area contributed by atoms with E-state index >= 15 is 0 Å². The minimum absolute atomic E-state index is 0. The molecule has 1 aromatic carbocycles. The highest BCUT2D eigenvalue weighted by molar-refractivity contribution is 14.0. The van der Waals surface area contributed by atoms with Crippen molar-refractivity contribution in [3.8, 4) is 0 Å². The Balaban J connectivity index is 0.00000264. The highest BCUT2D eigenvalue weighted by atomic mass is 127. The van der Waals surface area contributed by atoms with Crippen molar-refractivity contribution in [2.75, 3.05) is 31.6 Å². The first-order valence-corrected chi connectivity index (χ1v) is 8.25. The molecular weight excluding hydrogens is 399 g/mol. The van der Waals surface area contributed by atoms with Gasteiger partial charge in [0.15, 0.2) is 5.96 Å². The van der Waals surface area contributed by atoms with Crippen LogP contribution in [0.5, 0.6) is 0 Å². The molecule has 0 fully saturated rings. The van der Waals surface area contributed by atoms with Crippen LogP contribution in [0.1, 0.15) is 26.2 Å². The number of anilines is 1. The average molecular weight is 428 g/mol. The third kappa shape index (κ3) is 6.81. The number of guanidine groups is 1. The van der Waals surface area contributed by atoms with Gasteiger partial charge in [0.05, 0.1) is 0 Å². The number of halogens is 1. The van der Waals surface area contributed by atoms with E-state index in [1.54, 1.807) is 0 Å². The van der Waals surface area contributed by atoms with Crippen LogP contribution in [0.15, 0.2) is 47.5 Å². The Kier molecular flexibility index (Phi) is 9.75. The van der Waals surface area contributed by atoms with Crippen LogP contribution in [-0.2, 0) is 0 Å². The predicted octanol–water partition coefficient (Wildman–Crippen LogP) is 3.40. The third-order valence-corrected chi connectivity index (χ3v) is 3.97. The number of aliphatic imine (C=N–C) groups is 1. The minimum Gasteiger partial charge on any atom is -0.372 e. The molecule has 4 nitrogen and oxygen atoms in total. The van der Waals surface area contributed by atoms with Crippen molar-refractivity contribution in [2.24, 2.45) is 4.99 Å². The summed E-state index contributed by atoms with van der Waals surface area (Å²) in [7, 11) is 1.83. The quantitative estimate of drug-likeness (QED) is 0.230. The zero-order valence-corrected chi connectivity index (χ0v) is 16.5. The maximum Gasteiger partial charge on any atom is 0.191 e. The van der Waals surface area contributed by atoms with Gasteiger partial charge in [-0.2, -0.15) is 0 Å². The standard InChI is InChI=1S/C18H28N4.HI/c1-3-22(17-12-5-4-6-13-17)15-9-14-20-18(19-2)21-16-10-7-8-11-16;/h4-8,12-13,16H,3,9-11,14-15H2,1-2H3,(H2,19,20,21);1H. The molecule has 1 aromatic rings. The van der Waals surface area contributed by atoms with Gasteiger partial charge in [0.25, 0.3) is 0 Å². The van der Waals surface area contributed by atoms with Gasteiger partial charge >= 0.3 is 0 Å². The Hall–Kier alpha value is -1.24. The second-order valence-electron chi connectivity index (χ2n) is 5.55. The lowest BCUT2D eigenvalue weighted by molar-refractivity contribution is 0.627. The molecule has 0 aliphatic heterocycles. The number of hydrogen-bond acceptors (Lipinski definition) is 2. The van der Waals surface area contributed by atoms with Gasteiger partial charge in [-0.3, -0.25) is 4.99 Å². The lowest BCUT2D eigenvalue weighted by Crippen LogP contribution is -2.43. The largest absolute Gasteiger partial charge is 0.372 e. The monoisotopic (exact) mass is 428 g/mol. The zero-order valence-electron chi connectivity index (χ0n) is 14.2. The van der Waals surface area contributed by atoms with Crippen molar-refractivity contribution < 1.29 is 0 Å². The summed E-state index contributed by atoms with van der Waals surface area (Å²) in [6.45, 7) is 5.22.